The number of aliphatic imine (C=N–C) groups is 1. The predicted octanol–water partition coefficient (Wildman–Crippen LogP) is 0.537. The van der Waals surface area contributed by atoms with Crippen molar-refractivity contribution < 1.29 is 14.3 Å². The number of ether oxygens (including phenoxy) is 2. The van der Waals surface area contributed by atoms with E-state index < -0.39 is 5.79 Å². The van der Waals surface area contributed by atoms with Crippen LogP contribution in [0, 0.1) is 5.41 Å². The Morgan fingerprint density at radius 1 is 1.15 bits per heavy atom. The van der Waals surface area contributed by atoms with Crippen molar-refractivity contribution in [2.24, 2.45) is 4.99 Å². The van der Waals surface area contributed by atoms with E-state index in [1.165, 1.54) is 4.57 Å². The number of hydrogen-bond donors (Lipinski definition) is 2. The summed E-state index contributed by atoms with van der Waals surface area (Å²) in [5.41, 5.74) is 1.60. The molecule has 4 heterocycles. The first-order chi connectivity index (χ1) is 13.2. The van der Waals surface area contributed by atoms with Gasteiger partial charge in [0.05, 0.1) is 30.8 Å². The molecule has 3 aliphatic rings. The number of nitrogens with one attached hydrogen (secondary N) is 2. The number of carbonyl (C=O) groups excluding carboxylic acids is 1. The van der Waals surface area contributed by atoms with Crippen LogP contribution in [0.3, 0.4) is 0 Å². The number of aromatic nitrogens is 2. The minimum absolute atomic E-state index is 0.100. The number of hydrogen-bond acceptors (Lipinski definition) is 6. The Kier molecular flexibility index (Phi) is 3.80. The fraction of sp³-hybridized carbons (Fsp3) is 0.500. The van der Waals surface area contributed by atoms with E-state index in [1.807, 2.05) is 24.3 Å². The van der Waals surface area contributed by atoms with Crippen molar-refractivity contribution in [2.75, 3.05) is 39.4 Å². The van der Waals surface area contributed by atoms with E-state index in [2.05, 4.69) is 10.3 Å². The highest BCUT2D eigenvalue weighted by Crippen LogP contribution is 2.31. The molecule has 5 rings (SSSR count). The number of amides is 1. The van der Waals surface area contributed by atoms with Gasteiger partial charge < -0.3 is 19.7 Å². The zero-order chi connectivity index (χ0) is 18.4. The van der Waals surface area contributed by atoms with Crippen molar-refractivity contribution in [1.29, 1.82) is 5.41 Å². The van der Waals surface area contributed by atoms with Crippen LogP contribution < -0.4 is 10.9 Å². The lowest BCUT2D eigenvalue weighted by atomic mass is 10.0. The second-order valence-corrected chi connectivity index (χ2v) is 6.99. The SMILES string of the molecule is N=c1n(C(=O)N2CCC3(CC2)OCCO3)c2ccccc2n1C1=NCCN1. The van der Waals surface area contributed by atoms with Gasteiger partial charge in [0.1, 0.15) is 0 Å². The number of benzene rings is 1. The van der Waals surface area contributed by atoms with Crippen LogP contribution in [0.4, 0.5) is 4.79 Å². The molecule has 0 saturated carbocycles. The molecule has 2 fully saturated rings. The van der Waals surface area contributed by atoms with Crippen molar-refractivity contribution >= 4 is 23.0 Å². The summed E-state index contributed by atoms with van der Waals surface area (Å²) in [5.74, 6) is 0.0926. The van der Waals surface area contributed by atoms with Crippen molar-refractivity contribution in [1.82, 2.24) is 19.4 Å². The highest BCUT2D eigenvalue weighted by atomic mass is 16.7. The zero-order valence-electron chi connectivity index (χ0n) is 15.0. The molecular formula is C18H22N6O3. The number of imidazole rings is 1. The molecular weight excluding hydrogens is 348 g/mol. The van der Waals surface area contributed by atoms with Crippen molar-refractivity contribution in [2.45, 2.75) is 18.6 Å². The maximum absolute atomic E-state index is 13.3. The molecule has 2 aromatic rings. The Balaban J connectivity index is 1.51. The molecule has 9 heteroatoms. The number of likely N-dealkylation sites (tertiary alicyclic amines) is 1. The third-order valence-corrected chi connectivity index (χ3v) is 5.46. The van der Waals surface area contributed by atoms with E-state index in [1.54, 1.807) is 9.47 Å². The van der Waals surface area contributed by atoms with Gasteiger partial charge >= 0.3 is 6.03 Å². The number of rotatable bonds is 0. The summed E-state index contributed by atoms with van der Waals surface area (Å²) in [4.78, 5) is 19.5. The number of nitrogens with zero attached hydrogens (tertiary/aromatic N) is 4. The molecule has 9 nitrogen and oxygen atoms in total. The average Bonchev–Trinajstić information content (AvgIpc) is 3.41. The van der Waals surface area contributed by atoms with Gasteiger partial charge in [0.25, 0.3) is 0 Å². The number of carbonyl (C=O) groups is 1. The minimum Gasteiger partial charge on any atom is -0.354 e. The molecule has 2 N–H and O–H groups in total. The number of fused-ring (bicyclic) bond motifs is 1. The van der Waals surface area contributed by atoms with Gasteiger partial charge in [-0.15, -0.1) is 0 Å². The average molecular weight is 370 g/mol. The maximum Gasteiger partial charge on any atom is 0.331 e. The molecule has 1 amide bonds. The lowest BCUT2D eigenvalue weighted by Crippen LogP contribution is -2.50. The Hall–Kier alpha value is -2.65. The van der Waals surface area contributed by atoms with Crippen molar-refractivity contribution in [3.05, 3.63) is 29.9 Å². The van der Waals surface area contributed by atoms with Crippen LogP contribution in [0.2, 0.25) is 0 Å². The smallest absolute Gasteiger partial charge is 0.331 e. The lowest BCUT2D eigenvalue weighted by molar-refractivity contribution is -0.181. The van der Waals surface area contributed by atoms with Crippen LogP contribution in [0.1, 0.15) is 12.8 Å². The normalized spacial score (nSPS) is 21.6. The van der Waals surface area contributed by atoms with E-state index in [-0.39, 0.29) is 11.6 Å². The third kappa shape index (κ3) is 2.57. The highest BCUT2D eigenvalue weighted by molar-refractivity contribution is 5.97. The van der Waals surface area contributed by atoms with Gasteiger partial charge in [-0.25, -0.2) is 13.9 Å². The molecule has 1 aromatic carbocycles. The summed E-state index contributed by atoms with van der Waals surface area (Å²) in [7, 11) is 0. The standard InChI is InChI=1S/C18H22N6O3/c19-15-23(16-20-7-8-21-16)13-3-1-2-4-14(13)24(15)17(25)22-9-5-18(6-10-22)26-11-12-27-18/h1-4,19H,5-12H2,(H,20,21). The predicted molar refractivity (Wildman–Crippen MR) is 97.7 cm³/mol. The summed E-state index contributed by atoms with van der Waals surface area (Å²) in [6.45, 7) is 3.73. The summed E-state index contributed by atoms with van der Waals surface area (Å²) >= 11 is 0. The van der Waals surface area contributed by atoms with Crippen LogP contribution in [-0.4, -0.2) is 71.2 Å². The van der Waals surface area contributed by atoms with Gasteiger partial charge in [0.15, 0.2) is 5.79 Å². The van der Waals surface area contributed by atoms with Gasteiger partial charge in [-0.3, -0.25) is 10.4 Å². The Morgan fingerprint density at radius 2 is 1.85 bits per heavy atom. The summed E-state index contributed by atoms with van der Waals surface area (Å²) in [5, 5.41) is 11.8. The lowest BCUT2D eigenvalue weighted by Gasteiger charge is -2.37. The molecule has 0 atom stereocenters. The molecule has 1 spiro atoms. The van der Waals surface area contributed by atoms with E-state index in [0.717, 1.165) is 12.1 Å². The van der Waals surface area contributed by atoms with Crippen LogP contribution in [-0.2, 0) is 9.47 Å². The topological polar surface area (TPSA) is 96.9 Å². The zero-order valence-corrected chi connectivity index (χ0v) is 15.0. The van der Waals surface area contributed by atoms with Crippen LogP contribution >= 0.6 is 0 Å². The van der Waals surface area contributed by atoms with E-state index in [9.17, 15) is 4.79 Å². The molecule has 0 aliphatic carbocycles. The first-order valence-electron chi connectivity index (χ1n) is 9.32. The van der Waals surface area contributed by atoms with Crippen molar-refractivity contribution in [3.8, 4) is 0 Å². The van der Waals surface area contributed by atoms with Crippen LogP contribution in [0.5, 0.6) is 0 Å². The molecule has 1 aromatic heterocycles. The van der Waals surface area contributed by atoms with Gasteiger partial charge in [-0.05, 0) is 12.1 Å². The van der Waals surface area contributed by atoms with Gasteiger partial charge in [-0.1, -0.05) is 12.1 Å². The number of piperidine rings is 1. The second kappa shape index (κ2) is 6.21. The Labute approximate surface area is 155 Å². The first kappa shape index (κ1) is 16.5. The van der Waals surface area contributed by atoms with Crippen LogP contribution in [0.25, 0.3) is 11.0 Å². The second-order valence-electron chi connectivity index (χ2n) is 6.99. The monoisotopic (exact) mass is 370 g/mol. The van der Waals surface area contributed by atoms with E-state index in [4.69, 9.17) is 14.9 Å². The summed E-state index contributed by atoms with van der Waals surface area (Å²) in [6, 6.07) is 7.37. The number of para-hydroxylation sites is 2. The van der Waals surface area contributed by atoms with Crippen LogP contribution in [0.15, 0.2) is 29.3 Å². The Bertz CT molecular complexity index is 975. The molecule has 27 heavy (non-hydrogen) atoms. The molecule has 0 bridgehead atoms. The summed E-state index contributed by atoms with van der Waals surface area (Å²) < 4.78 is 14.7. The molecule has 2 saturated heterocycles. The quantitative estimate of drug-likeness (QED) is 0.707. The fourth-order valence-corrected chi connectivity index (χ4v) is 4.08. The van der Waals surface area contributed by atoms with E-state index in [0.29, 0.717) is 57.2 Å². The van der Waals surface area contributed by atoms with Gasteiger partial charge in [0.2, 0.25) is 11.6 Å². The molecule has 142 valence electrons. The van der Waals surface area contributed by atoms with Gasteiger partial charge in [0, 0.05) is 32.5 Å². The maximum atomic E-state index is 13.3. The Morgan fingerprint density at radius 3 is 2.52 bits per heavy atom. The summed E-state index contributed by atoms with van der Waals surface area (Å²) in [6.07, 6.45) is 1.30. The third-order valence-electron chi connectivity index (χ3n) is 5.46. The molecule has 0 unspecified atom stereocenters. The minimum atomic E-state index is -0.526. The largest absolute Gasteiger partial charge is 0.354 e. The molecule has 3 aliphatic heterocycles. The van der Waals surface area contributed by atoms with Crippen molar-refractivity contribution in [3.63, 3.8) is 0 Å². The van der Waals surface area contributed by atoms with E-state index >= 15 is 0 Å². The molecule has 0 radical (unpaired) electrons. The fourth-order valence-electron chi connectivity index (χ4n) is 4.08. The highest BCUT2D eigenvalue weighted by Gasteiger charge is 2.41. The van der Waals surface area contributed by atoms with Gasteiger partial charge in [-0.2, -0.15) is 0 Å². The first-order valence-corrected chi connectivity index (χ1v) is 9.32.